The van der Waals surface area contributed by atoms with Crippen LogP contribution in [0.25, 0.3) is 146 Å². The van der Waals surface area contributed by atoms with Crippen molar-refractivity contribution in [1.29, 1.82) is 0 Å². The molecule has 0 bridgehead atoms. The molecule has 0 aliphatic heterocycles. The summed E-state index contributed by atoms with van der Waals surface area (Å²) in [6, 6.07) is 142. The van der Waals surface area contributed by atoms with E-state index >= 15 is 0 Å². The Hall–Kier alpha value is -13.9. The quantitative estimate of drug-likeness (QED) is 0.0796. The number of fused-ring (bicyclic) bond motifs is 6. The fourth-order valence-corrected chi connectivity index (χ4v) is 19.6. The molecule has 0 spiro atoms. The van der Waals surface area contributed by atoms with Crippen LogP contribution < -0.4 is 20.7 Å². The molecule has 0 unspecified atom stereocenters. The van der Waals surface area contributed by atoms with E-state index < -0.39 is 8.07 Å². The van der Waals surface area contributed by atoms with Gasteiger partial charge >= 0.3 is 0 Å². The van der Waals surface area contributed by atoms with Gasteiger partial charge in [-0.3, -0.25) is 0 Å². The Morgan fingerprint density at radius 2 is 0.381 bits per heavy atom. The zero-order valence-corrected chi connectivity index (χ0v) is 58.2. The summed E-state index contributed by atoms with van der Waals surface area (Å²) in [7, 11) is -2.62. The van der Waals surface area contributed by atoms with Crippen LogP contribution in [0.2, 0.25) is 0 Å². The molecule has 0 fully saturated rings. The van der Waals surface area contributed by atoms with Gasteiger partial charge in [0.05, 0.1) is 22.1 Å². The highest BCUT2D eigenvalue weighted by Crippen LogP contribution is 2.38. The molecule has 19 aromatic rings. The van der Waals surface area contributed by atoms with E-state index in [0.717, 1.165) is 55.8 Å². The number of rotatable bonds is 14. The van der Waals surface area contributed by atoms with E-state index in [1.165, 1.54) is 75.6 Å². The molecule has 494 valence electrons. The smallest absolute Gasteiger partial charge is 0.179 e. The molecule has 4 aromatic heterocycles. The van der Waals surface area contributed by atoms with Gasteiger partial charge in [-0.05, 0) is 128 Å². The minimum atomic E-state index is -2.62. The highest BCUT2D eigenvalue weighted by molar-refractivity contribution is 7.19. The number of hydrogen-bond donors (Lipinski definition) is 0. The second-order valence-electron chi connectivity index (χ2n) is 26.1. The number of aromatic nitrogens is 8. The summed E-state index contributed by atoms with van der Waals surface area (Å²) in [5.41, 5.74) is 17.3. The summed E-state index contributed by atoms with van der Waals surface area (Å²) in [4.78, 5) is 29.4. The van der Waals surface area contributed by atoms with Crippen LogP contribution in [0.5, 0.6) is 0 Å². The van der Waals surface area contributed by atoms with Gasteiger partial charge in [0, 0.05) is 66.3 Å². The maximum Gasteiger partial charge on any atom is 0.179 e. The number of nitrogens with zero attached hydrogens (tertiary/aromatic N) is 8. The lowest BCUT2D eigenvalue weighted by atomic mass is 10.0. The Labute approximate surface area is 610 Å². The first-order chi connectivity index (χ1) is 52.1. The molecule has 105 heavy (non-hydrogen) atoms. The molecule has 0 radical (unpaired) electrons. The van der Waals surface area contributed by atoms with E-state index in [1.807, 2.05) is 121 Å². The third-order valence-electron chi connectivity index (χ3n) is 19.9. The van der Waals surface area contributed by atoms with E-state index in [2.05, 4.69) is 288 Å². The molecule has 15 aromatic carbocycles. The van der Waals surface area contributed by atoms with Crippen LogP contribution >= 0.6 is 0 Å². The molecule has 19 rings (SSSR count). The number of para-hydroxylation sites is 2. The number of hydrogen-bond acceptors (Lipinski definition) is 6. The first kappa shape index (κ1) is 63.3. The molecule has 0 aliphatic rings. The molecular weight excluding hydrogens is 1290 g/mol. The Bertz CT molecular complexity index is 6050. The standard InChI is InChI=1S/C57H40N4Si.C39H26N4/c1-6-18-42(19-7-1)55-58-56(43-20-8-2-9-21-43)60-57(59-55)44-30-35-46(36-31-44)61-53-29-17-16-28-51(53)52-40-45(34-39-54(52)61)41-32-37-50(38-33-41)62(47-22-10-3-11-23-47,48-24-12-4-13-25-48)49-26-14-5-15-27-49;1-4-12-27(13-5-1)31-22-25-36-34(26-31)33-18-10-11-19-35(33)43(36)32-23-20-30(21-24-32)39-41-37(28-14-6-2-7-15-28)40-38(42-39)29-16-8-3-9-17-29/h1-40H;1-26H. The van der Waals surface area contributed by atoms with Gasteiger partial charge in [0.15, 0.2) is 43.0 Å². The second kappa shape index (κ2) is 27.9. The van der Waals surface area contributed by atoms with E-state index in [-0.39, 0.29) is 0 Å². The van der Waals surface area contributed by atoms with Gasteiger partial charge in [0.25, 0.3) is 0 Å². The predicted molar refractivity (Wildman–Crippen MR) is 435 cm³/mol. The number of benzene rings is 15. The second-order valence-corrected chi connectivity index (χ2v) is 29.9. The Balaban J connectivity index is 0.000000159. The summed E-state index contributed by atoms with van der Waals surface area (Å²) < 4.78 is 4.69. The molecular formula is C96H66N8Si. The van der Waals surface area contributed by atoms with Gasteiger partial charge < -0.3 is 9.13 Å². The van der Waals surface area contributed by atoms with Crippen LogP contribution in [0, 0.1) is 0 Å². The molecule has 0 aliphatic carbocycles. The van der Waals surface area contributed by atoms with E-state index in [9.17, 15) is 0 Å². The zero-order valence-electron chi connectivity index (χ0n) is 57.2. The highest BCUT2D eigenvalue weighted by atomic mass is 28.3. The maximum absolute atomic E-state index is 4.97. The molecule has 0 saturated heterocycles. The van der Waals surface area contributed by atoms with Gasteiger partial charge in [-0.25, -0.2) is 29.9 Å². The van der Waals surface area contributed by atoms with Crippen molar-refractivity contribution in [2.24, 2.45) is 0 Å². The average molecular weight is 1360 g/mol. The minimum Gasteiger partial charge on any atom is -0.309 e. The fraction of sp³-hybridized carbons (Fsp3) is 0. The normalized spacial score (nSPS) is 11.4. The molecule has 9 heteroatoms. The third-order valence-corrected chi connectivity index (χ3v) is 24.7. The summed E-state index contributed by atoms with van der Waals surface area (Å²) in [5, 5.41) is 10.4. The molecule has 0 atom stereocenters. The van der Waals surface area contributed by atoms with Crippen molar-refractivity contribution in [2.45, 2.75) is 0 Å². The summed E-state index contributed by atoms with van der Waals surface area (Å²) in [6.07, 6.45) is 0. The molecule has 4 heterocycles. The Morgan fingerprint density at radius 1 is 0.162 bits per heavy atom. The van der Waals surface area contributed by atoms with Crippen molar-refractivity contribution in [3.63, 3.8) is 0 Å². The minimum absolute atomic E-state index is 0.637. The zero-order chi connectivity index (χ0) is 69.9. The average Bonchev–Trinajstić information content (AvgIpc) is 1.72. The lowest BCUT2D eigenvalue weighted by Gasteiger charge is -2.34. The van der Waals surface area contributed by atoms with Crippen LogP contribution in [0.4, 0.5) is 0 Å². The maximum atomic E-state index is 4.97. The van der Waals surface area contributed by atoms with Crippen molar-refractivity contribution < 1.29 is 0 Å². The molecule has 0 amide bonds. The topological polar surface area (TPSA) is 87.2 Å². The first-order valence-electron chi connectivity index (χ1n) is 35.4. The third kappa shape index (κ3) is 12.1. The predicted octanol–water partition coefficient (Wildman–Crippen LogP) is 20.7. The Morgan fingerprint density at radius 3 is 0.695 bits per heavy atom. The van der Waals surface area contributed by atoms with Crippen molar-refractivity contribution in [3.8, 4) is 102 Å². The molecule has 0 saturated carbocycles. The SMILES string of the molecule is c1ccc(-c2ccc3c(c2)c2ccccc2n3-c2ccc(-c3nc(-c4ccccc4)nc(-c4ccccc4)n3)cc2)cc1.c1ccc(-c2nc(-c3ccccc3)nc(-c3ccc(-n4c5ccccc5c5cc(-c6ccc([Si](c7ccccc7)(c7ccccc7)c7ccccc7)cc6)ccc54)cc3)n2)cc1. The summed E-state index contributed by atoms with van der Waals surface area (Å²) >= 11 is 0. The van der Waals surface area contributed by atoms with Crippen molar-refractivity contribution in [3.05, 3.63) is 400 Å². The monoisotopic (exact) mass is 1360 g/mol. The largest absolute Gasteiger partial charge is 0.309 e. The van der Waals surface area contributed by atoms with Crippen molar-refractivity contribution >= 4 is 72.4 Å². The molecule has 8 nitrogen and oxygen atoms in total. The van der Waals surface area contributed by atoms with Crippen LogP contribution in [0.15, 0.2) is 400 Å². The first-order valence-corrected chi connectivity index (χ1v) is 37.4. The van der Waals surface area contributed by atoms with Crippen molar-refractivity contribution in [2.75, 3.05) is 0 Å². The highest BCUT2D eigenvalue weighted by Gasteiger charge is 2.41. The van der Waals surface area contributed by atoms with Crippen LogP contribution in [-0.4, -0.2) is 47.1 Å². The van der Waals surface area contributed by atoms with Gasteiger partial charge in [0.2, 0.25) is 0 Å². The van der Waals surface area contributed by atoms with Gasteiger partial charge in [-0.15, -0.1) is 0 Å². The van der Waals surface area contributed by atoms with Gasteiger partial charge in [0.1, 0.15) is 0 Å². The van der Waals surface area contributed by atoms with Crippen LogP contribution in [0.1, 0.15) is 0 Å². The summed E-state index contributed by atoms with van der Waals surface area (Å²) in [6.45, 7) is 0. The lowest BCUT2D eigenvalue weighted by Crippen LogP contribution is -2.74. The van der Waals surface area contributed by atoms with E-state index in [4.69, 9.17) is 29.9 Å². The van der Waals surface area contributed by atoms with Crippen LogP contribution in [0.3, 0.4) is 0 Å². The fourth-order valence-electron chi connectivity index (χ4n) is 14.9. The van der Waals surface area contributed by atoms with Crippen LogP contribution in [-0.2, 0) is 0 Å². The van der Waals surface area contributed by atoms with Gasteiger partial charge in [-0.1, -0.05) is 315 Å². The van der Waals surface area contributed by atoms with E-state index in [0.29, 0.717) is 34.9 Å². The summed E-state index contributed by atoms with van der Waals surface area (Å²) in [5.74, 6) is 3.90. The van der Waals surface area contributed by atoms with Crippen molar-refractivity contribution in [1.82, 2.24) is 39.0 Å². The van der Waals surface area contributed by atoms with Gasteiger partial charge in [-0.2, -0.15) is 0 Å². The lowest BCUT2D eigenvalue weighted by molar-refractivity contribution is 1.07. The Kier molecular flexibility index (Phi) is 16.8. The molecule has 0 N–H and O–H groups in total. The van der Waals surface area contributed by atoms with E-state index in [1.54, 1.807) is 0 Å².